The van der Waals surface area contributed by atoms with Crippen molar-refractivity contribution in [2.75, 3.05) is 11.9 Å². The van der Waals surface area contributed by atoms with Crippen molar-refractivity contribution in [2.45, 2.75) is 57.6 Å². The molecule has 0 saturated heterocycles. The maximum absolute atomic E-state index is 12.9. The Morgan fingerprint density at radius 2 is 1.77 bits per heavy atom. The SMILES string of the molecule is CN(C(=O)C1CC1)c1ccccc1C(=O)NCc1cccc(OC2CCCCC2)c1. The molecule has 158 valence electrons. The van der Waals surface area contributed by atoms with Crippen molar-refractivity contribution in [3.63, 3.8) is 0 Å². The van der Waals surface area contributed by atoms with E-state index in [-0.39, 0.29) is 17.7 Å². The first-order valence-electron chi connectivity index (χ1n) is 11.0. The van der Waals surface area contributed by atoms with Crippen LogP contribution in [0.1, 0.15) is 60.9 Å². The van der Waals surface area contributed by atoms with E-state index in [0.717, 1.165) is 37.0 Å². The average Bonchev–Trinajstić information content (AvgIpc) is 3.63. The van der Waals surface area contributed by atoms with Crippen molar-refractivity contribution in [1.29, 1.82) is 0 Å². The van der Waals surface area contributed by atoms with E-state index in [4.69, 9.17) is 4.74 Å². The standard InChI is InChI=1S/C25H30N2O3/c1-27(25(29)19-14-15-19)23-13-6-5-12-22(23)24(28)26-17-18-8-7-11-21(16-18)30-20-9-3-2-4-10-20/h5-8,11-13,16,19-20H,2-4,9-10,14-15,17H2,1H3,(H,26,28). The predicted octanol–water partition coefficient (Wildman–Crippen LogP) is 4.70. The van der Waals surface area contributed by atoms with Gasteiger partial charge < -0.3 is 15.0 Å². The van der Waals surface area contributed by atoms with E-state index in [0.29, 0.717) is 23.9 Å². The van der Waals surface area contributed by atoms with E-state index in [1.54, 1.807) is 18.0 Å². The average molecular weight is 407 g/mol. The van der Waals surface area contributed by atoms with Crippen LogP contribution in [-0.4, -0.2) is 25.0 Å². The predicted molar refractivity (Wildman–Crippen MR) is 118 cm³/mol. The lowest BCUT2D eigenvalue weighted by Gasteiger charge is -2.23. The number of anilines is 1. The van der Waals surface area contributed by atoms with Crippen LogP contribution < -0.4 is 15.0 Å². The van der Waals surface area contributed by atoms with Gasteiger partial charge in [0.1, 0.15) is 5.75 Å². The molecule has 2 fully saturated rings. The second kappa shape index (κ2) is 9.33. The molecular formula is C25H30N2O3. The molecule has 0 aliphatic heterocycles. The number of hydrogen-bond donors (Lipinski definition) is 1. The van der Waals surface area contributed by atoms with Crippen LogP contribution in [0.15, 0.2) is 48.5 Å². The van der Waals surface area contributed by atoms with Crippen molar-refractivity contribution in [3.05, 3.63) is 59.7 Å². The van der Waals surface area contributed by atoms with Crippen LogP contribution in [0.3, 0.4) is 0 Å². The fourth-order valence-corrected chi connectivity index (χ4v) is 4.06. The fraction of sp³-hybridized carbons (Fsp3) is 0.440. The lowest BCUT2D eigenvalue weighted by molar-refractivity contribution is -0.119. The summed E-state index contributed by atoms with van der Waals surface area (Å²) in [5, 5.41) is 2.99. The summed E-state index contributed by atoms with van der Waals surface area (Å²) in [5.41, 5.74) is 2.17. The Morgan fingerprint density at radius 3 is 2.53 bits per heavy atom. The Morgan fingerprint density at radius 1 is 1.00 bits per heavy atom. The van der Waals surface area contributed by atoms with Crippen LogP contribution in [0.5, 0.6) is 5.75 Å². The first kappa shape index (κ1) is 20.5. The molecule has 5 heteroatoms. The van der Waals surface area contributed by atoms with Crippen molar-refractivity contribution < 1.29 is 14.3 Å². The van der Waals surface area contributed by atoms with Gasteiger partial charge in [-0.1, -0.05) is 30.7 Å². The van der Waals surface area contributed by atoms with Gasteiger partial charge in [-0.15, -0.1) is 0 Å². The molecule has 0 spiro atoms. The normalized spacial score (nSPS) is 16.7. The topological polar surface area (TPSA) is 58.6 Å². The number of para-hydroxylation sites is 1. The maximum Gasteiger partial charge on any atom is 0.253 e. The van der Waals surface area contributed by atoms with Crippen molar-refractivity contribution in [2.24, 2.45) is 5.92 Å². The van der Waals surface area contributed by atoms with Crippen LogP contribution >= 0.6 is 0 Å². The number of benzene rings is 2. The molecule has 2 saturated carbocycles. The third-order valence-electron chi connectivity index (χ3n) is 5.97. The third-order valence-corrected chi connectivity index (χ3v) is 5.97. The largest absolute Gasteiger partial charge is 0.490 e. The lowest BCUT2D eigenvalue weighted by atomic mass is 9.98. The molecule has 0 bridgehead atoms. The maximum atomic E-state index is 12.9. The van der Waals surface area contributed by atoms with Crippen LogP contribution in [0.25, 0.3) is 0 Å². The number of nitrogens with one attached hydrogen (secondary N) is 1. The monoisotopic (exact) mass is 406 g/mol. The molecule has 2 aromatic carbocycles. The molecule has 4 rings (SSSR count). The van der Waals surface area contributed by atoms with Gasteiger partial charge in [0.05, 0.1) is 17.4 Å². The summed E-state index contributed by atoms with van der Waals surface area (Å²) >= 11 is 0. The molecule has 2 aliphatic rings. The fourth-order valence-electron chi connectivity index (χ4n) is 4.06. The second-order valence-electron chi connectivity index (χ2n) is 8.40. The van der Waals surface area contributed by atoms with Gasteiger partial charge in [-0.2, -0.15) is 0 Å². The summed E-state index contributed by atoms with van der Waals surface area (Å²) in [6.07, 6.45) is 8.18. The van der Waals surface area contributed by atoms with Gasteiger partial charge in [-0.05, 0) is 68.4 Å². The Balaban J connectivity index is 1.39. The third kappa shape index (κ3) is 5.02. The molecule has 5 nitrogen and oxygen atoms in total. The number of ether oxygens (including phenoxy) is 1. The number of hydrogen-bond acceptors (Lipinski definition) is 3. The molecule has 1 N–H and O–H groups in total. The molecule has 2 amide bonds. The van der Waals surface area contributed by atoms with Crippen LogP contribution in [-0.2, 0) is 11.3 Å². The molecule has 0 unspecified atom stereocenters. The van der Waals surface area contributed by atoms with E-state index in [1.807, 2.05) is 42.5 Å². The molecule has 30 heavy (non-hydrogen) atoms. The Bertz CT molecular complexity index is 901. The highest BCUT2D eigenvalue weighted by Crippen LogP contribution is 2.33. The minimum atomic E-state index is -0.181. The number of nitrogens with zero attached hydrogens (tertiary/aromatic N) is 1. The van der Waals surface area contributed by atoms with Gasteiger partial charge in [0.15, 0.2) is 0 Å². The van der Waals surface area contributed by atoms with Crippen molar-refractivity contribution in [1.82, 2.24) is 5.32 Å². The highest BCUT2D eigenvalue weighted by atomic mass is 16.5. The summed E-state index contributed by atoms with van der Waals surface area (Å²) in [6, 6.07) is 15.2. The second-order valence-corrected chi connectivity index (χ2v) is 8.40. The number of carbonyl (C=O) groups excluding carboxylic acids is 2. The molecule has 0 heterocycles. The molecule has 2 aromatic rings. The number of carbonyl (C=O) groups is 2. The van der Waals surface area contributed by atoms with Crippen LogP contribution in [0, 0.1) is 5.92 Å². The van der Waals surface area contributed by atoms with Crippen molar-refractivity contribution in [3.8, 4) is 5.75 Å². The molecule has 2 aliphatic carbocycles. The van der Waals surface area contributed by atoms with Crippen LogP contribution in [0.4, 0.5) is 5.69 Å². The highest BCUT2D eigenvalue weighted by Gasteiger charge is 2.33. The van der Waals surface area contributed by atoms with E-state index in [1.165, 1.54) is 19.3 Å². The van der Waals surface area contributed by atoms with E-state index in [2.05, 4.69) is 5.32 Å². The molecule has 0 radical (unpaired) electrons. The summed E-state index contributed by atoms with van der Waals surface area (Å²) < 4.78 is 6.14. The zero-order chi connectivity index (χ0) is 20.9. The summed E-state index contributed by atoms with van der Waals surface area (Å²) in [6.45, 7) is 0.412. The van der Waals surface area contributed by atoms with Crippen molar-refractivity contribution >= 4 is 17.5 Å². The smallest absolute Gasteiger partial charge is 0.253 e. The van der Waals surface area contributed by atoms with Gasteiger partial charge in [0.25, 0.3) is 5.91 Å². The Kier molecular flexibility index (Phi) is 6.36. The van der Waals surface area contributed by atoms with Gasteiger partial charge >= 0.3 is 0 Å². The summed E-state index contributed by atoms with van der Waals surface area (Å²) in [7, 11) is 1.75. The molecule has 0 aromatic heterocycles. The minimum absolute atomic E-state index is 0.0859. The minimum Gasteiger partial charge on any atom is -0.490 e. The van der Waals surface area contributed by atoms with Gasteiger partial charge in [0, 0.05) is 19.5 Å². The van der Waals surface area contributed by atoms with E-state index in [9.17, 15) is 9.59 Å². The van der Waals surface area contributed by atoms with E-state index >= 15 is 0 Å². The summed E-state index contributed by atoms with van der Waals surface area (Å²) in [5.74, 6) is 0.879. The zero-order valence-corrected chi connectivity index (χ0v) is 17.6. The van der Waals surface area contributed by atoms with Gasteiger partial charge in [-0.3, -0.25) is 9.59 Å². The Hall–Kier alpha value is -2.82. The zero-order valence-electron chi connectivity index (χ0n) is 17.6. The molecule has 0 atom stereocenters. The highest BCUT2D eigenvalue weighted by molar-refractivity contribution is 6.05. The van der Waals surface area contributed by atoms with E-state index < -0.39 is 0 Å². The van der Waals surface area contributed by atoms with Gasteiger partial charge in [0.2, 0.25) is 5.91 Å². The number of amides is 2. The Labute approximate surface area is 178 Å². The van der Waals surface area contributed by atoms with Gasteiger partial charge in [-0.25, -0.2) is 0 Å². The first-order valence-corrected chi connectivity index (χ1v) is 11.0. The number of rotatable bonds is 7. The molecular weight excluding hydrogens is 376 g/mol. The first-order chi connectivity index (χ1) is 14.6. The quantitative estimate of drug-likeness (QED) is 0.725. The van der Waals surface area contributed by atoms with Crippen LogP contribution in [0.2, 0.25) is 0 Å². The summed E-state index contributed by atoms with van der Waals surface area (Å²) in [4.78, 5) is 26.9. The lowest BCUT2D eigenvalue weighted by Crippen LogP contribution is -2.31.